The van der Waals surface area contributed by atoms with E-state index in [2.05, 4.69) is 0 Å². The molecule has 0 fully saturated rings. The van der Waals surface area contributed by atoms with Crippen LogP contribution in [0, 0.1) is 0 Å². The number of hydroxylamine groups is 1. The third kappa shape index (κ3) is 2.17. The molecule has 0 radical (unpaired) electrons. The molecule has 1 atom stereocenters. The number of fused-ring (bicyclic) bond motifs is 1. The number of nitrogens with zero attached hydrogens (tertiary/aromatic N) is 1. The van der Waals surface area contributed by atoms with Gasteiger partial charge in [0.25, 0.3) is 5.91 Å². The lowest BCUT2D eigenvalue weighted by Gasteiger charge is -2.22. The van der Waals surface area contributed by atoms with Gasteiger partial charge in [-0.2, -0.15) is 5.06 Å². The molecule has 21 heavy (non-hydrogen) atoms. The SMILES string of the molecule is CC1C(C(=O)O)=CON1c1sc2c(c1C(N)=O)CCCC2. The van der Waals surface area contributed by atoms with Crippen molar-refractivity contribution in [2.75, 3.05) is 5.06 Å². The number of hydrogen-bond donors (Lipinski definition) is 2. The number of carboxylic acid groups (broad SMARTS) is 1. The van der Waals surface area contributed by atoms with E-state index in [1.54, 1.807) is 6.92 Å². The quantitative estimate of drug-likeness (QED) is 0.888. The Morgan fingerprint density at radius 2 is 2.14 bits per heavy atom. The molecule has 1 unspecified atom stereocenters. The summed E-state index contributed by atoms with van der Waals surface area (Å²) in [5.74, 6) is -1.50. The standard InChI is InChI=1S/C14H16N2O4S/c1-7-9(14(18)19)6-20-16(7)13-11(12(15)17)8-4-2-3-5-10(8)21-13/h6-7H,2-5H2,1H3,(H2,15,17)(H,18,19). The van der Waals surface area contributed by atoms with Crippen LogP contribution in [0.4, 0.5) is 5.00 Å². The minimum Gasteiger partial charge on any atom is -0.478 e. The molecule has 7 heteroatoms. The average Bonchev–Trinajstić information content (AvgIpc) is 2.98. The van der Waals surface area contributed by atoms with Crippen LogP contribution in [0.3, 0.4) is 0 Å². The van der Waals surface area contributed by atoms with Crippen LogP contribution in [0.5, 0.6) is 0 Å². The number of carbonyl (C=O) groups is 2. The van der Waals surface area contributed by atoms with Crippen molar-refractivity contribution in [1.29, 1.82) is 0 Å². The zero-order valence-corrected chi connectivity index (χ0v) is 12.4. The normalized spacial score (nSPS) is 20.7. The number of carboxylic acids is 1. The first kappa shape index (κ1) is 13.9. The van der Waals surface area contributed by atoms with Gasteiger partial charge >= 0.3 is 5.97 Å². The van der Waals surface area contributed by atoms with Crippen LogP contribution in [0.15, 0.2) is 11.8 Å². The van der Waals surface area contributed by atoms with Gasteiger partial charge in [-0.25, -0.2) is 4.79 Å². The fourth-order valence-corrected chi connectivity index (χ4v) is 4.27. The first-order valence-corrected chi connectivity index (χ1v) is 7.66. The van der Waals surface area contributed by atoms with Crippen molar-refractivity contribution >= 4 is 28.2 Å². The maximum absolute atomic E-state index is 11.8. The number of nitrogens with two attached hydrogens (primary N) is 1. The predicted molar refractivity (Wildman–Crippen MR) is 78.2 cm³/mol. The fraction of sp³-hybridized carbons (Fsp3) is 0.429. The number of amides is 1. The maximum Gasteiger partial charge on any atom is 0.337 e. The molecule has 2 heterocycles. The van der Waals surface area contributed by atoms with Gasteiger partial charge in [0.1, 0.15) is 22.9 Å². The molecule has 1 amide bonds. The molecule has 0 bridgehead atoms. The molecule has 1 aliphatic heterocycles. The predicted octanol–water partition coefficient (Wildman–Crippen LogP) is 1.83. The summed E-state index contributed by atoms with van der Waals surface area (Å²) >= 11 is 1.48. The second kappa shape index (κ2) is 5.07. The van der Waals surface area contributed by atoms with Crippen molar-refractivity contribution in [3.63, 3.8) is 0 Å². The number of thiophene rings is 1. The van der Waals surface area contributed by atoms with E-state index in [-0.39, 0.29) is 5.57 Å². The summed E-state index contributed by atoms with van der Waals surface area (Å²) in [6, 6.07) is -0.458. The number of rotatable bonds is 3. The van der Waals surface area contributed by atoms with Gasteiger partial charge in [-0.3, -0.25) is 4.79 Å². The van der Waals surface area contributed by atoms with E-state index in [4.69, 9.17) is 15.7 Å². The second-order valence-electron chi connectivity index (χ2n) is 5.24. The Balaban J connectivity index is 2.02. The van der Waals surface area contributed by atoms with Crippen LogP contribution < -0.4 is 10.8 Å². The number of anilines is 1. The van der Waals surface area contributed by atoms with E-state index in [9.17, 15) is 9.59 Å². The molecule has 112 valence electrons. The van der Waals surface area contributed by atoms with Crippen molar-refractivity contribution in [3.8, 4) is 0 Å². The van der Waals surface area contributed by atoms with Crippen LogP contribution in [-0.4, -0.2) is 23.0 Å². The highest BCUT2D eigenvalue weighted by atomic mass is 32.1. The number of hydrogen-bond acceptors (Lipinski definition) is 5. The minimum absolute atomic E-state index is 0.164. The zero-order chi connectivity index (χ0) is 15.1. The summed E-state index contributed by atoms with van der Waals surface area (Å²) in [7, 11) is 0. The third-order valence-electron chi connectivity index (χ3n) is 3.94. The summed E-state index contributed by atoms with van der Waals surface area (Å²) in [5.41, 5.74) is 7.20. The summed E-state index contributed by atoms with van der Waals surface area (Å²) in [6.45, 7) is 1.73. The van der Waals surface area contributed by atoms with E-state index in [0.717, 1.165) is 36.1 Å². The Hall–Kier alpha value is -2.02. The molecule has 1 aliphatic carbocycles. The van der Waals surface area contributed by atoms with Gasteiger partial charge in [0.2, 0.25) is 0 Å². The lowest BCUT2D eigenvalue weighted by atomic mass is 9.95. The summed E-state index contributed by atoms with van der Waals surface area (Å²) in [4.78, 5) is 29.5. The largest absolute Gasteiger partial charge is 0.478 e. The molecule has 0 spiro atoms. The Labute approximate surface area is 125 Å². The zero-order valence-electron chi connectivity index (χ0n) is 11.6. The Kier molecular flexibility index (Phi) is 3.36. The van der Waals surface area contributed by atoms with Gasteiger partial charge in [0.15, 0.2) is 0 Å². The molecule has 0 saturated carbocycles. The average molecular weight is 308 g/mol. The number of aliphatic carboxylic acids is 1. The van der Waals surface area contributed by atoms with E-state index in [1.807, 2.05) is 0 Å². The summed E-state index contributed by atoms with van der Waals surface area (Å²) < 4.78 is 0. The van der Waals surface area contributed by atoms with Gasteiger partial charge in [0.05, 0.1) is 5.56 Å². The number of carbonyl (C=O) groups excluding carboxylic acids is 1. The van der Waals surface area contributed by atoms with Crippen LogP contribution in [0.25, 0.3) is 0 Å². The number of aryl methyl sites for hydroxylation is 1. The lowest BCUT2D eigenvalue weighted by molar-refractivity contribution is -0.132. The van der Waals surface area contributed by atoms with E-state index < -0.39 is 17.9 Å². The Bertz CT molecular complexity index is 650. The van der Waals surface area contributed by atoms with Gasteiger partial charge in [0, 0.05) is 4.88 Å². The Morgan fingerprint density at radius 3 is 2.76 bits per heavy atom. The molecule has 0 saturated heterocycles. The van der Waals surface area contributed by atoms with E-state index in [1.165, 1.54) is 22.7 Å². The molecule has 6 nitrogen and oxygen atoms in total. The highest BCUT2D eigenvalue weighted by Crippen LogP contribution is 2.42. The molecular formula is C14H16N2O4S. The van der Waals surface area contributed by atoms with E-state index in [0.29, 0.717) is 10.6 Å². The van der Waals surface area contributed by atoms with Gasteiger partial charge < -0.3 is 15.7 Å². The fourth-order valence-electron chi connectivity index (χ4n) is 2.84. The third-order valence-corrected chi connectivity index (χ3v) is 5.22. The van der Waals surface area contributed by atoms with Crippen LogP contribution in [0.2, 0.25) is 0 Å². The first-order chi connectivity index (χ1) is 10.0. The van der Waals surface area contributed by atoms with Crippen molar-refractivity contribution in [2.45, 2.75) is 38.6 Å². The van der Waals surface area contributed by atoms with E-state index >= 15 is 0 Å². The van der Waals surface area contributed by atoms with Crippen molar-refractivity contribution in [1.82, 2.24) is 0 Å². The maximum atomic E-state index is 11.8. The lowest BCUT2D eigenvalue weighted by Crippen LogP contribution is -2.31. The first-order valence-electron chi connectivity index (χ1n) is 6.84. The van der Waals surface area contributed by atoms with Gasteiger partial charge in [-0.15, -0.1) is 11.3 Å². The molecule has 2 aliphatic rings. The van der Waals surface area contributed by atoms with Crippen LogP contribution in [-0.2, 0) is 22.5 Å². The summed E-state index contributed by atoms with van der Waals surface area (Å²) in [5, 5.41) is 11.2. The molecule has 1 aromatic heterocycles. The van der Waals surface area contributed by atoms with Crippen molar-refractivity contribution in [2.24, 2.45) is 5.73 Å². The highest BCUT2D eigenvalue weighted by Gasteiger charge is 2.36. The summed E-state index contributed by atoms with van der Waals surface area (Å²) in [6.07, 6.45) is 5.13. The van der Waals surface area contributed by atoms with Gasteiger partial charge in [-0.05, 0) is 38.2 Å². The topological polar surface area (TPSA) is 92.9 Å². The monoisotopic (exact) mass is 308 g/mol. The van der Waals surface area contributed by atoms with Crippen LogP contribution in [0.1, 0.15) is 40.6 Å². The molecule has 3 N–H and O–H groups in total. The highest BCUT2D eigenvalue weighted by molar-refractivity contribution is 7.16. The molecular weight excluding hydrogens is 292 g/mol. The smallest absolute Gasteiger partial charge is 0.337 e. The molecule has 0 aromatic carbocycles. The second-order valence-corrected chi connectivity index (χ2v) is 6.32. The molecule has 3 rings (SSSR count). The van der Waals surface area contributed by atoms with Gasteiger partial charge in [-0.1, -0.05) is 0 Å². The minimum atomic E-state index is -1.02. The number of primary amides is 1. The van der Waals surface area contributed by atoms with Crippen molar-refractivity contribution in [3.05, 3.63) is 27.8 Å². The molecule has 1 aromatic rings. The van der Waals surface area contributed by atoms with Crippen molar-refractivity contribution < 1.29 is 19.5 Å². The van der Waals surface area contributed by atoms with Crippen LogP contribution >= 0.6 is 11.3 Å². The Morgan fingerprint density at radius 1 is 1.43 bits per heavy atom.